The van der Waals surface area contributed by atoms with E-state index in [-0.39, 0.29) is 5.56 Å². The molecule has 17 heavy (non-hydrogen) atoms. The summed E-state index contributed by atoms with van der Waals surface area (Å²) in [6.45, 7) is 1.66. The fraction of sp³-hybridized carbons (Fsp3) is 0.364. The zero-order chi connectivity index (χ0) is 13.1. The lowest BCUT2D eigenvalue weighted by molar-refractivity contribution is -0.276. The second kappa shape index (κ2) is 4.75. The van der Waals surface area contributed by atoms with E-state index in [4.69, 9.17) is 0 Å². The maximum Gasteiger partial charge on any atom is 0.419 e. The molecule has 0 bridgehead atoms. The molecule has 0 unspecified atom stereocenters. The molecule has 0 saturated heterocycles. The molecule has 3 nitrogen and oxygen atoms in total. The second-order valence-electron chi connectivity index (χ2n) is 3.91. The molecule has 0 heterocycles. The maximum absolute atomic E-state index is 12.4. The Morgan fingerprint density at radius 2 is 1.71 bits per heavy atom. The second-order valence-corrected chi connectivity index (χ2v) is 3.91. The van der Waals surface area contributed by atoms with Crippen molar-refractivity contribution in [2.75, 3.05) is 0 Å². The third-order valence-corrected chi connectivity index (χ3v) is 2.12. The van der Waals surface area contributed by atoms with Crippen molar-refractivity contribution < 1.29 is 22.8 Å². The van der Waals surface area contributed by atoms with E-state index in [0.717, 1.165) is 13.8 Å². The van der Waals surface area contributed by atoms with Crippen LogP contribution in [0.4, 0.5) is 13.2 Å². The Morgan fingerprint density at radius 3 is 2.18 bits per heavy atom. The van der Waals surface area contributed by atoms with E-state index in [1.54, 1.807) is 23.7 Å². The Labute approximate surface area is 96.5 Å². The summed E-state index contributed by atoms with van der Waals surface area (Å²) in [5.74, 6) is -0.720. The number of hydrogen-bond acceptors (Lipinski definition) is 2. The number of amides is 1. The lowest BCUT2D eigenvalue weighted by Crippen LogP contribution is -2.46. The smallest absolute Gasteiger partial charge is 0.267 e. The van der Waals surface area contributed by atoms with E-state index in [1.165, 1.54) is 12.1 Å². The summed E-state index contributed by atoms with van der Waals surface area (Å²) in [5, 5.41) is 0. The average Bonchev–Trinajstić information content (AvgIpc) is 2.25. The molecule has 94 valence electrons. The van der Waals surface area contributed by atoms with Crippen molar-refractivity contribution in [2.45, 2.75) is 25.6 Å². The first-order chi connectivity index (χ1) is 7.74. The van der Waals surface area contributed by atoms with E-state index in [0.29, 0.717) is 0 Å². The van der Waals surface area contributed by atoms with Crippen LogP contribution in [-0.4, -0.2) is 17.7 Å². The molecule has 1 amide bonds. The normalized spacial score (nSPS) is 12.3. The minimum atomic E-state index is -4.56. The Morgan fingerprint density at radius 1 is 1.18 bits per heavy atom. The fourth-order valence-electron chi connectivity index (χ4n) is 0.880. The van der Waals surface area contributed by atoms with Gasteiger partial charge in [-0.05, 0) is 26.0 Å². The topological polar surface area (TPSA) is 38.3 Å². The van der Waals surface area contributed by atoms with Crippen LogP contribution in [0.25, 0.3) is 0 Å². The lowest BCUT2D eigenvalue weighted by atomic mass is 10.1. The molecule has 0 aliphatic rings. The highest BCUT2D eigenvalue weighted by Crippen LogP contribution is 2.31. The zero-order valence-electron chi connectivity index (χ0n) is 9.34. The first-order valence-electron chi connectivity index (χ1n) is 4.84. The molecule has 0 aromatic heterocycles. The van der Waals surface area contributed by atoms with E-state index in [1.807, 2.05) is 0 Å². The largest absolute Gasteiger partial charge is 0.419 e. The van der Waals surface area contributed by atoms with Crippen LogP contribution in [0.1, 0.15) is 24.2 Å². The van der Waals surface area contributed by atoms with Crippen molar-refractivity contribution in [3.05, 3.63) is 35.9 Å². The van der Waals surface area contributed by atoms with E-state index in [9.17, 15) is 18.0 Å². The van der Waals surface area contributed by atoms with E-state index >= 15 is 0 Å². The van der Waals surface area contributed by atoms with Gasteiger partial charge in [-0.3, -0.25) is 9.63 Å². The summed E-state index contributed by atoms with van der Waals surface area (Å²) in [5.41, 5.74) is -0.419. The molecule has 0 saturated carbocycles. The van der Waals surface area contributed by atoms with Crippen LogP contribution < -0.4 is 5.48 Å². The van der Waals surface area contributed by atoms with Crippen LogP contribution >= 0.6 is 0 Å². The quantitative estimate of drug-likeness (QED) is 0.834. The minimum Gasteiger partial charge on any atom is -0.267 e. The van der Waals surface area contributed by atoms with Gasteiger partial charge in [-0.25, -0.2) is 5.48 Å². The average molecular weight is 247 g/mol. The molecule has 0 radical (unpaired) electrons. The van der Waals surface area contributed by atoms with Gasteiger partial charge in [0.25, 0.3) is 5.91 Å². The van der Waals surface area contributed by atoms with Crippen LogP contribution in [0.3, 0.4) is 0 Å². The van der Waals surface area contributed by atoms with Crippen molar-refractivity contribution in [1.29, 1.82) is 0 Å². The molecule has 0 aliphatic heterocycles. The fourth-order valence-corrected chi connectivity index (χ4v) is 0.880. The standard InChI is InChI=1S/C11H12F3NO2/c1-10(2,11(12,13)14)17-15-9(16)8-6-4-3-5-7-8/h3-7H,1-2H3,(H,15,16). The molecule has 0 spiro atoms. The molecular formula is C11H12F3NO2. The predicted octanol–water partition coefficient (Wildman–Crippen LogP) is 2.69. The summed E-state index contributed by atoms with van der Waals surface area (Å²) < 4.78 is 37.2. The number of nitrogens with one attached hydrogen (secondary N) is 1. The molecule has 1 aromatic rings. The van der Waals surface area contributed by atoms with Gasteiger partial charge >= 0.3 is 6.18 Å². The Hall–Kier alpha value is -1.56. The molecule has 0 fully saturated rings. The number of hydroxylamine groups is 1. The van der Waals surface area contributed by atoms with Crippen molar-refractivity contribution >= 4 is 5.91 Å². The summed E-state index contributed by atoms with van der Waals surface area (Å²) >= 11 is 0. The molecule has 1 N–H and O–H groups in total. The molecule has 1 rings (SSSR count). The maximum atomic E-state index is 12.4. The third kappa shape index (κ3) is 3.45. The lowest BCUT2D eigenvalue weighted by Gasteiger charge is -2.27. The highest BCUT2D eigenvalue weighted by atomic mass is 19.4. The molecular weight excluding hydrogens is 235 g/mol. The van der Waals surface area contributed by atoms with Gasteiger partial charge in [0.05, 0.1) is 0 Å². The first-order valence-corrected chi connectivity index (χ1v) is 4.84. The molecule has 6 heteroatoms. The summed E-state index contributed by atoms with van der Waals surface area (Å²) in [6.07, 6.45) is -4.56. The Kier molecular flexibility index (Phi) is 3.77. The predicted molar refractivity (Wildman–Crippen MR) is 55.1 cm³/mol. The van der Waals surface area contributed by atoms with Gasteiger partial charge < -0.3 is 0 Å². The van der Waals surface area contributed by atoms with Crippen molar-refractivity contribution in [3.63, 3.8) is 0 Å². The zero-order valence-corrected chi connectivity index (χ0v) is 9.34. The Bertz CT molecular complexity index is 387. The van der Waals surface area contributed by atoms with Crippen molar-refractivity contribution in [1.82, 2.24) is 5.48 Å². The number of hydrogen-bond donors (Lipinski definition) is 1. The number of carbonyl (C=O) groups excluding carboxylic acids is 1. The van der Waals surface area contributed by atoms with Crippen LogP contribution in [0, 0.1) is 0 Å². The van der Waals surface area contributed by atoms with Crippen LogP contribution in [-0.2, 0) is 4.84 Å². The molecule has 0 atom stereocenters. The minimum absolute atomic E-state index is 0.227. The number of rotatable bonds is 3. The van der Waals surface area contributed by atoms with Gasteiger partial charge in [-0.15, -0.1) is 0 Å². The van der Waals surface area contributed by atoms with Gasteiger partial charge in [0.15, 0.2) is 5.60 Å². The van der Waals surface area contributed by atoms with Crippen LogP contribution in [0.2, 0.25) is 0 Å². The van der Waals surface area contributed by atoms with Gasteiger partial charge in [0, 0.05) is 5.56 Å². The number of halogens is 3. The Balaban J connectivity index is 2.61. The molecule has 1 aromatic carbocycles. The third-order valence-electron chi connectivity index (χ3n) is 2.12. The summed E-state index contributed by atoms with van der Waals surface area (Å²) in [7, 11) is 0. The van der Waals surface area contributed by atoms with Crippen molar-refractivity contribution in [2.24, 2.45) is 0 Å². The van der Waals surface area contributed by atoms with Gasteiger partial charge in [-0.2, -0.15) is 13.2 Å². The SMILES string of the molecule is CC(C)(ONC(=O)c1ccccc1)C(F)(F)F. The molecule has 0 aliphatic carbocycles. The van der Waals surface area contributed by atoms with Crippen molar-refractivity contribution in [3.8, 4) is 0 Å². The van der Waals surface area contributed by atoms with Crippen LogP contribution in [0.5, 0.6) is 0 Å². The monoisotopic (exact) mass is 247 g/mol. The number of alkyl halides is 3. The summed E-state index contributed by atoms with van der Waals surface area (Å²) in [4.78, 5) is 15.8. The first kappa shape index (κ1) is 13.5. The van der Waals surface area contributed by atoms with Gasteiger partial charge in [0.2, 0.25) is 0 Å². The number of benzene rings is 1. The highest BCUT2D eigenvalue weighted by molar-refractivity contribution is 5.93. The van der Waals surface area contributed by atoms with Crippen LogP contribution in [0.15, 0.2) is 30.3 Å². The highest BCUT2D eigenvalue weighted by Gasteiger charge is 2.49. The number of carbonyl (C=O) groups is 1. The summed E-state index contributed by atoms with van der Waals surface area (Å²) in [6, 6.07) is 7.84. The van der Waals surface area contributed by atoms with Gasteiger partial charge in [-0.1, -0.05) is 18.2 Å². The van der Waals surface area contributed by atoms with E-state index < -0.39 is 17.7 Å². The van der Waals surface area contributed by atoms with Gasteiger partial charge in [0.1, 0.15) is 0 Å². The van der Waals surface area contributed by atoms with E-state index in [2.05, 4.69) is 4.84 Å².